The first-order chi connectivity index (χ1) is 9.13. The predicted molar refractivity (Wildman–Crippen MR) is 69.1 cm³/mol. The third-order valence-corrected chi connectivity index (χ3v) is 3.13. The van der Waals surface area contributed by atoms with Crippen LogP contribution in [0, 0.1) is 11.8 Å². The second kappa shape index (κ2) is 5.57. The van der Waals surface area contributed by atoms with Gasteiger partial charge >= 0.3 is 0 Å². The molecule has 0 unspecified atom stereocenters. The molecule has 2 rings (SSSR count). The van der Waals surface area contributed by atoms with Gasteiger partial charge in [0.2, 0.25) is 0 Å². The van der Waals surface area contributed by atoms with Crippen LogP contribution in [0.3, 0.4) is 0 Å². The van der Waals surface area contributed by atoms with E-state index in [-0.39, 0.29) is 11.8 Å². The predicted octanol–water partition coefficient (Wildman–Crippen LogP) is -0.272. The van der Waals surface area contributed by atoms with Crippen molar-refractivity contribution in [3.05, 3.63) is 18.0 Å². The molecule has 6 nitrogen and oxygen atoms in total. The molecule has 0 bridgehead atoms. The average Bonchev–Trinajstić information content (AvgIpc) is 2.84. The van der Waals surface area contributed by atoms with Gasteiger partial charge in [0.15, 0.2) is 0 Å². The summed E-state index contributed by atoms with van der Waals surface area (Å²) in [6.45, 7) is 3.75. The van der Waals surface area contributed by atoms with Crippen LogP contribution in [0.4, 0.5) is 0 Å². The molecule has 0 saturated carbocycles. The van der Waals surface area contributed by atoms with Crippen molar-refractivity contribution < 1.29 is 9.59 Å². The smallest absolute Gasteiger partial charge is 0.298 e. The van der Waals surface area contributed by atoms with Crippen molar-refractivity contribution in [3.8, 4) is 11.8 Å². The molecule has 1 aromatic rings. The van der Waals surface area contributed by atoms with Crippen molar-refractivity contribution in [2.75, 3.05) is 26.2 Å². The normalized spacial score (nSPS) is 14.8. The Morgan fingerprint density at radius 1 is 1.21 bits per heavy atom. The number of hydrogen-bond acceptors (Lipinski definition) is 3. The van der Waals surface area contributed by atoms with Crippen molar-refractivity contribution in [1.29, 1.82) is 0 Å². The summed E-state index contributed by atoms with van der Waals surface area (Å²) < 4.78 is 1.56. The van der Waals surface area contributed by atoms with E-state index in [4.69, 9.17) is 0 Å². The minimum Gasteiger partial charge on any atom is -0.334 e. The van der Waals surface area contributed by atoms with Crippen molar-refractivity contribution in [2.45, 2.75) is 6.92 Å². The van der Waals surface area contributed by atoms with Gasteiger partial charge in [-0.2, -0.15) is 5.10 Å². The first-order valence-electron chi connectivity index (χ1n) is 6.12. The van der Waals surface area contributed by atoms with E-state index in [0.29, 0.717) is 31.9 Å². The summed E-state index contributed by atoms with van der Waals surface area (Å²) in [4.78, 5) is 27.2. The van der Waals surface area contributed by atoms with E-state index in [1.165, 1.54) is 0 Å². The molecule has 1 fully saturated rings. The Morgan fingerprint density at radius 2 is 1.84 bits per heavy atom. The summed E-state index contributed by atoms with van der Waals surface area (Å²) in [5.41, 5.74) is 0.563. The summed E-state index contributed by atoms with van der Waals surface area (Å²) in [5, 5.41) is 3.99. The Hall–Kier alpha value is -2.29. The Balaban J connectivity index is 1.96. The number of rotatable bonds is 1. The number of nitrogens with zero attached hydrogens (tertiary/aromatic N) is 4. The lowest BCUT2D eigenvalue weighted by molar-refractivity contribution is -0.126. The topological polar surface area (TPSA) is 58.4 Å². The zero-order valence-corrected chi connectivity index (χ0v) is 11.1. The highest BCUT2D eigenvalue weighted by molar-refractivity contribution is 5.94. The van der Waals surface area contributed by atoms with E-state index in [9.17, 15) is 9.59 Å². The minimum absolute atomic E-state index is 0.0475. The molecule has 100 valence electrons. The van der Waals surface area contributed by atoms with Crippen LogP contribution in [0.25, 0.3) is 0 Å². The summed E-state index contributed by atoms with van der Waals surface area (Å²) in [5.74, 6) is 4.89. The monoisotopic (exact) mass is 260 g/mol. The molecular weight excluding hydrogens is 244 g/mol. The largest absolute Gasteiger partial charge is 0.334 e. The van der Waals surface area contributed by atoms with Gasteiger partial charge in [0.1, 0.15) is 5.69 Å². The molecule has 0 radical (unpaired) electrons. The van der Waals surface area contributed by atoms with Crippen molar-refractivity contribution in [2.24, 2.45) is 7.05 Å². The summed E-state index contributed by atoms with van der Waals surface area (Å²) in [6.07, 6.45) is 1.60. The van der Waals surface area contributed by atoms with E-state index >= 15 is 0 Å². The van der Waals surface area contributed by atoms with Crippen LogP contribution in [-0.2, 0) is 11.8 Å². The highest BCUT2D eigenvalue weighted by Gasteiger charge is 2.25. The number of aryl methyl sites for hydroxylation is 1. The Bertz CT molecular complexity index is 544. The van der Waals surface area contributed by atoms with Gasteiger partial charge in [-0.05, 0) is 18.9 Å². The van der Waals surface area contributed by atoms with Gasteiger partial charge in [-0.3, -0.25) is 14.3 Å². The molecule has 19 heavy (non-hydrogen) atoms. The van der Waals surface area contributed by atoms with Crippen LogP contribution in [-0.4, -0.2) is 57.6 Å². The second-order valence-electron chi connectivity index (χ2n) is 4.30. The fourth-order valence-corrected chi connectivity index (χ4v) is 2.04. The van der Waals surface area contributed by atoms with E-state index in [0.717, 1.165) is 0 Å². The average molecular weight is 260 g/mol. The lowest BCUT2D eigenvalue weighted by Crippen LogP contribution is -2.50. The Kier molecular flexibility index (Phi) is 3.85. The number of carbonyl (C=O) groups excluding carboxylic acids is 2. The zero-order valence-electron chi connectivity index (χ0n) is 11.1. The first-order valence-corrected chi connectivity index (χ1v) is 6.12. The van der Waals surface area contributed by atoms with Crippen LogP contribution < -0.4 is 0 Å². The number of aromatic nitrogens is 2. The molecule has 1 aliphatic rings. The van der Waals surface area contributed by atoms with Crippen molar-refractivity contribution in [3.63, 3.8) is 0 Å². The van der Waals surface area contributed by atoms with Crippen LogP contribution >= 0.6 is 0 Å². The van der Waals surface area contributed by atoms with Gasteiger partial charge in [0.25, 0.3) is 11.8 Å². The quantitative estimate of drug-likeness (QED) is 0.653. The molecule has 0 aromatic carbocycles. The summed E-state index contributed by atoms with van der Waals surface area (Å²) in [6, 6.07) is 1.70. The Labute approximate surface area is 112 Å². The second-order valence-corrected chi connectivity index (χ2v) is 4.30. The number of carbonyl (C=O) groups is 2. The third kappa shape index (κ3) is 2.76. The molecule has 0 aliphatic carbocycles. The van der Waals surface area contributed by atoms with Gasteiger partial charge in [0.05, 0.1) is 0 Å². The highest BCUT2D eigenvalue weighted by atomic mass is 16.2. The highest BCUT2D eigenvalue weighted by Crippen LogP contribution is 2.08. The van der Waals surface area contributed by atoms with E-state index in [1.807, 2.05) is 0 Å². The summed E-state index contributed by atoms with van der Waals surface area (Å²) in [7, 11) is 1.74. The molecule has 2 amide bonds. The standard InChI is InChI=1S/C13H16N4O2/c1-3-4-12(18)16-7-9-17(10-8-16)13(19)11-5-6-14-15(11)2/h5-6H,7-10H2,1-2H3. The van der Waals surface area contributed by atoms with Crippen LogP contribution in [0.1, 0.15) is 17.4 Å². The molecule has 0 atom stereocenters. The maximum atomic E-state index is 12.2. The minimum atomic E-state index is -0.171. The third-order valence-electron chi connectivity index (χ3n) is 3.13. The molecule has 2 heterocycles. The van der Waals surface area contributed by atoms with Crippen LogP contribution in [0.2, 0.25) is 0 Å². The maximum absolute atomic E-state index is 12.2. The molecular formula is C13H16N4O2. The number of hydrogen-bond donors (Lipinski definition) is 0. The number of piperazine rings is 1. The molecule has 1 aliphatic heterocycles. The van der Waals surface area contributed by atoms with E-state index < -0.39 is 0 Å². The lowest BCUT2D eigenvalue weighted by Gasteiger charge is -2.33. The molecule has 1 saturated heterocycles. The molecule has 0 spiro atoms. The van der Waals surface area contributed by atoms with Crippen molar-refractivity contribution in [1.82, 2.24) is 19.6 Å². The first kappa shape index (κ1) is 13.1. The molecule has 6 heteroatoms. The lowest BCUT2D eigenvalue weighted by atomic mass is 10.2. The van der Waals surface area contributed by atoms with E-state index in [1.54, 1.807) is 40.7 Å². The van der Waals surface area contributed by atoms with Gasteiger partial charge in [-0.25, -0.2) is 0 Å². The van der Waals surface area contributed by atoms with Crippen molar-refractivity contribution >= 4 is 11.8 Å². The van der Waals surface area contributed by atoms with E-state index in [2.05, 4.69) is 16.9 Å². The van der Waals surface area contributed by atoms with Gasteiger partial charge in [-0.1, -0.05) is 5.92 Å². The fraction of sp³-hybridized carbons (Fsp3) is 0.462. The van der Waals surface area contributed by atoms with Gasteiger partial charge in [-0.15, -0.1) is 0 Å². The maximum Gasteiger partial charge on any atom is 0.298 e. The molecule has 0 N–H and O–H groups in total. The van der Waals surface area contributed by atoms with Crippen LogP contribution in [0.5, 0.6) is 0 Å². The summed E-state index contributed by atoms with van der Waals surface area (Å²) >= 11 is 0. The Morgan fingerprint density at radius 3 is 2.37 bits per heavy atom. The van der Waals surface area contributed by atoms with Gasteiger partial charge < -0.3 is 9.80 Å². The number of amides is 2. The van der Waals surface area contributed by atoms with Crippen LogP contribution in [0.15, 0.2) is 12.3 Å². The fourth-order valence-electron chi connectivity index (χ4n) is 2.04. The van der Waals surface area contributed by atoms with Gasteiger partial charge in [0, 0.05) is 39.4 Å². The zero-order chi connectivity index (χ0) is 13.8. The molecule has 1 aromatic heterocycles. The SMILES string of the molecule is CC#CC(=O)N1CCN(C(=O)c2ccnn2C)CC1.